The van der Waals surface area contributed by atoms with Crippen LogP contribution in [0.25, 0.3) is 0 Å². The molecule has 0 saturated carbocycles. The topological polar surface area (TPSA) is 71.1 Å². The number of nitrogens with one attached hydrogen (secondary N) is 2. The number of nitrogens with zero attached hydrogens (tertiary/aromatic N) is 1. The Labute approximate surface area is 180 Å². The summed E-state index contributed by atoms with van der Waals surface area (Å²) >= 11 is 1.83. The number of thiazole rings is 1. The number of amides is 2. The Morgan fingerprint density at radius 1 is 0.933 bits per heavy atom. The second kappa shape index (κ2) is 9.67. The van der Waals surface area contributed by atoms with Gasteiger partial charge in [-0.25, -0.2) is 4.98 Å². The zero-order chi connectivity index (χ0) is 20.8. The van der Waals surface area contributed by atoms with Crippen molar-refractivity contribution in [2.75, 3.05) is 11.9 Å². The van der Waals surface area contributed by atoms with E-state index in [1.54, 1.807) is 30.3 Å². The Morgan fingerprint density at radius 3 is 2.53 bits per heavy atom. The molecule has 0 unspecified atom stereocenters. The van der Waals surface area contributed by atoms with Crippen molar-refractivity contribution in [3.05, 3.63) is 81.3 Å². The van der Waals surface area contributed by atoms with Gasteiger partial charge in [0, 0.05) is 23.4 Å². The van der Waals surface area contributed by atoms with Crippen molar-refractivity contribution in [1.82, 2.24) is 10.3 Å². The van der Waals surface area contributed by atoms with Crippen LogP contribution in [0.1, 0.15) is 55.6 Å². The number of benzene rings is 2. The summed E-state index contributed by atoms with van der Waals surface area (Å²) in [5, 5.41) is 6.99. The van der Waals surface area contributed by atoms with E-state index in [0.29, 0.717) is 23.4 Å². The predicted octanol–water partition coefficient (Wildman–Crippen LogP) is 4.64. The van der Waals surface area contributed by atoms with Crippen LogP contribution in [0.2, 0.25) is 0 Å². The summed E-state index contributed by atoms with van der Waals surface area (Å²) in [6.45, 7) is 0.573. The Hall–Kier alpha value is -2.99. The monoisotopic (exact) mass is 419 g/mol. The number of carbonyl (C=O) groups is 2. The molecule has 1 aliphatic carbocycles. The quantitative estimate of drug-likeness (QED) is 0.548. The molecule has 0 aliphatic heterocycles. The number of para-hydroxylation sites is 1. The van der Waals surface area contributed by atoms with E-state index >= 15 is 0 Å². The summed E-state index contributed by atoms with van der Waals surface area (Å²) in [5.74, 6) is -0.416. The fourth-order valence-corrected chi connectivity index (χ4v) is 4.82. The van der Waals surface area contributed by atoms with E-state index in [4.69, 9.17) is 4.98 Å². The third-order valence-electron chi connectivity index (χ3n) is 5.20. The lowest BCUT2D eigenvalue weighted by Gasteiger charge is -2.11. The van der Waals surface area contributed by atoms with Crippen LogP contribution in [-0.2, 0) is 19.3 Å². The van der Waals surface area contributed by atoms with Crippen LogP contribution in [0.5, 0.6) is 0 Å². The number of carbonyl (C=O) groups excluding carboxylic acids is 2. The Morgan fingerprint density at radius 2 is 1.70 bits per heavy atom. The molecule has 5 nitrogen and oxygen atoms in total. The molecule has 2 N–H and O–H groups in total. The van der Waals surface area contributed by atoms with Crippen molar-refractivity contribution in [1.29, 1.82) is 0 Å². The number of aromatic nitrogens is 1. The molecule has 0 atom stereocenters. The maximum absolute atomic E-state index is 12.7. The number of hydrogen-bond donors (Lipinski definition) is 2. The van der Waals surface area contributed by atoms with Crippen LogP contribution in [0.3, 0.4) is 0 Å². The first-order valence-corrected chi connectivity index (χ1v) is 11.2. The summed E-state index contributed by atoms with van der Waals surface area (Å²) < 4.78 is 0. The number of aryl methyl sites for hydroxylation is 3. The molecule has 0 bridgehead atoms. The minimum absolute atomic E-state index is 0.183. The van der Waals surface area contributed by atoms with Gasteiger partial charge in [0.25, 0.3) is 11.8 Å². The Balaban J connectivity index is 1.31. The van der Waals surface area contributed by atoms with Crippen LogP contribution in [0.15, 0.2) is 54.6 Å². The third kappa shape index (κ3) is 4.94. The predicted molar refractivity (Wildman–Crippen MR) is 120 cm³/mol. The van der Waals surface area contributed by atoms with Crippen molar-refractivity contribution in [2.45, 2.75) is 38.5 Å². The van der Waals surface area contributed by atoms with Crippen molar-refractivity contribution in [3.8, 4) is 0 Å². The van der Waals surface area contributed by atoms with E-state index < -0.39 is 0 Å². The van der Waals surface area contributed by atoms with Crippen molar-refractivity contribution >= 4 is 28.8 Å². The van der Waals surface area contributed by atoms with Gasteiger partial charge in [0.2, 0.25) is 0 Å². The van der Waals surface area contributed by atoms with Gasteiger partial charge in [-0.15, -0.1) is 11.3 Å². The molecule has 1 aliphatic rings. The van der Waals surface area contributed by atoms with Crippen molar-refractivity contribution in [3.63, 3.8) is 0 Å². The number of rotatable bonds is 7. The first-order chi connectivity index (χ1) is 14.7. The van der Waals surface area contributed by atoms with Gasteiger partial charge in [0.15, 0.2) is 0 Å². The van der Waals surface area contributed by atoms with Crippen LogP contribution in [0, 0.1) is 0 Å². The summed E-state index contributed by atoms with van der Waals surface area (Å²) in [6.07, 6.45) is 6.50. The van der Waals surface area contributed by atoms with Gasteiger partial charge in [-0.2, -0.15) is 0 Å². The molecule has 30 heavy (non-hydrogen) atoms. The summed E-state index contributed by atoms with van der Waals surface area (Å²) in [7, 11) is 0. The number of hydrogen-bond acceptors (Lipinski definition) is 4. The second-order valence-corrected chi connectivity index (χ2v) is 8.58. The largest absolute Gasteiger partial charge is 0.352 e. The molecule has 154 valence electrons. The highest BCUT2D eigenvalue weighted by Gasteiger charge is 2.16. The highest BCUT2D eigenvalue weighted by molar-refractivity contribution is 7.11. The van der Waals surface area contributed by atoms with Crippen LogP contribution >= 0.6 is 11.3 Å². The summed E-state index contributed by atoms with van der Waals surface area (Å²) in [4.78, 5) is 31.3. The highest BCUT2D eigenvalue weighted by Crippen LogP contribution is 2.27. The molecular weight excluding hydrogens is 394 g/mol. The van der Waals surface area contributed by atoms with Gasteiger partial charge in [-0.3, -0.25) is 9.59 Å². The second-order valence-electron chi connectivity index (χ2n) is 7.41. The zero-order valence-electron chi connectivity index (χ0n) is 16.8. The van der Waals surface area contributed by atoms with E-state index in [2.05, 4.69) is 10.6 Å². The molecule has 2 aromatic carbocycles. The number of anilines is 1. The minimum Gasteiger partial charge on any atom is -0.352 e. The maximum atomic E-state index is 12.7. The van der Waals surface area contributed by atoms with Gasteiger partial charge in [-0.05, 0) is 56.4 Å². The first kappa shape index (κ1) is 20.3. The van der Waals surface area contributed by atoms with Gasteiger partial charge in [0.1, 0.15) is 0 Å². The first-order valence-electron chi connectivity index (χ1n) is 10.4. The molecule has 3 aromatic rings. The van der Waals surface area contributed by atoms with E-state index in [0.717, 1.165) is 25.7 Å². The molecule has 1 aromatic heterocycles. The van der Waals surface area contributed by atoms with Gasteiger partial charge in [-0.1, -0.05) is 30.3 Å². The third-order valence-corrected chi connectivity index (χ3v) is 6.42. The zero-order valence-corrected chi connectivity index (χ0v) is 17.6. The van der Waals surface area contributed by atoms with Gasteiger partial charge >= 0.3 is 0 Å². The van der Waals surface area contributed by atoms with Crippen molar-refractivity contribution < 1.29 is 9.59 Å². The van der Waals surface area contributed by atoms with E-state index in [9.17, 15) is 9.59 Å². The minimum atomic E-state index is -0.233. The number of fused-ring (bicyclic) bond motifs is 1. The Bertz CT molecular complexity index is 1010. The van der Waals surface area contributed by atoms with E-state index in [-0.39, 0.29) is 11.8 Å². The molecule has 0 fully saturated rings. The van der Waals surface area contributed by atoms with Crippen LogP contribution < -0.4 is 10.6 Å². The van der Waals surface area contributed by atoms with Gasteiger partial charge < -0.3 is 10.6 Å². The normalized spacial score (nSPS) is 12.8. The standard InChI is InChI=1S/C24H25N3O2S/c28-23(17-9-2-1-3-10-17)27-19-12-5-4-11-18(19)24(29)25-16-8-15-22-26-20-13-6-7-14-21(20)30-22/h1-5,9-12H,6-8,13-16H2,(H,25,29)(H,27,28). The van der Waals surface area contributed by atoms with Crippen LogP contribution in [0.4, 0.5) is 5.69 Å². The highest BCUT2D eigenvalue weighted by atomic mass is 32.1. The van der Waals surface area contributed by atoms with E-state index in [1.807, 2.05) is 35.6 Å². The molecule has 6 heteroatoms. The van der Waals surface area contributed by atoms with E-state index in [1.165, 1.54) is 28.4 Å². The fraction of sp³-hybridized carbons (Fsp3) is 0.292. The smallest absolute Gasteiger partial charge is 0.255 e. The van der Waals surface area contributed by atoms with Gasteiger partial charge in [0.05, 0.1) is 22.0 Å². The van der Waals surface area contributed by atoms with Crippen molar-refractivity contribution in [2.24, 2.45) is 0 Å². The molecular formula is C24H25N3O2S. The lowest BCUT2D eigenvalue weighted by molar-refractivity contribution is 0.0954. The average Bonchev–Trinajstić information content (AvgIpc) is 3.20. The molecule has 1 heterocycles. The molecule has 0 spiro atoms. The van der Waals surface area contributed by atoms with Crippen LogP contribution in [-0.4, -0.2) is 23.3 Å². The molecule has 0 radical (unpaired) electrons. The summed E-state index contributed by atoms with van der Waals surface area (Å²) in [5.41, 5.74) is 2.81. The SMILES string of the molecule is O=C(Nc1ccccc1C(=O)NCCCc1nc2c(s1)CCCC2)c1ccccc1. The Kier molecular flexibility index (Phi) is 6.54. The summed E-state index contributed by atoms with van der Waals surface area (Å²) in [6, 6.07) is 16.1. The molecule has 2 amide bonds. The fourth-order valence-electron chi connectivity index (χ4n) is 3.62. The lowest BCUT2D eigenvalue weighted by Crippen LogP contribution is -2.26. The average molecular weight is 420 g/mol. The maximum Gasteiger partial charge on any atom is 0.255 e. The lowest BCUT2D eigenvalue weighted by atomic mass is 10.0. The molecule has 0 saturated heterocycles. The molecule has 4 rings (SSSR count).